The van der Waals surface area contributed by atoms with Gasteiger partial charge in [-0.3, -0.25) is 0 Å². The normalized spacial score (nSPS) is 11.3. The van der Waals surface area contributed by atoms with Crippen LogP contribution in [0.2, 0.25) is 0 Å². The van der Waals surface area contributed by atoms with Crippen molar-refractivity contribution in [1.29, 1.82) is 0 Å². The van der Waals surface area contributed by atoms with Crippen LogP contribution in [0.4, 0.5) is 5.69 Å². The summed E-state index contributed by atoms with van der Waals surface area (Å²) in [6.07, 6.45) is 5.90. The Hall–Kier alpha value is -1.71. The van der Waals surface area contributed by atoms with E-state index in [4.69, 9.17) is 16.9 Å². The summed E-state index contributed by atoms with van der Waals surface area (Å²) in [6.45, 7) is 2.31. The lowest BCUT2D eigenvalue weighted by Gasteiger charge is -2.19. The van der Waals surface area contributed by atoms with Crippen LogP contribution in [-0.4, -0.2) is 32.9 Å². The van der Waals surface area contributed by atoms with E-state index in [1.807, 2.05) is 6.92 Å². The molecule has 104 valence electrons. The highest BCUT2D eigenvalue weighted by Gasteiger charge is 2.23. The largest absolute Gasteiger partial charge is 0.495 e. The number of hydrogen-bond acceptors (Lipinski definition) is 4. The molecule has 0 radical (unpaired) electrons. The lowest BCUT2D eigenvalue weighted by Crippen LogP contribution is -2.32. The Morgan fingerprint density at radius 2 is 2.16 bits per heavy atom. The third-order valence-electron chi connectivity index (χ3n) is 2.58. The number of nitrogens with two attached hydrogens (primary N) is 1. The van der Waals surface area contributed by atoms with Crippen LogP contribution in [0.15, 0.2) is 23.1 Å². The molecule has 0 bridgehead atoms. The average molecular weight is 282 g/mol. The van der Waals surface area contributed by atoms with Crippen molar-refractivity contribution in [1.82, 2.24) is 4.31 Å². The standard InChI is InChI=1S/C13H18N2O3S/c1-4-8-15(9-5-2)19(16,17)11-6-7-13(18-3)12(14)10-11/h1,6-7,10H,5,8-9,14H2,2-3H3. The van der Waals surface area contributed by atoms with Gasteiger partial charge in [0.1, 0.15) is 5.75 Å². The summed E-state index contributed by atoms with van der Waals surface area (Å²) in [5.41, 5.74) is 6.01. The number of ether oxygens (including phenoxy) is 1. The second kappa shape index (κ2) is 6.45. The van der Waals surface area contributed by atoms with Gasteiger partial charge in [-0.2, -0.15) is 4.31 Å². The highest BCUT2D eigenvalue weighted by atomic mass is 32.2. The molecule has 0 unspecified atom stereocenters. The number of hydrogen-bond donors (Lipinski definition) is 1. The van der Waals surface area contributed by atoms with Gasteiger partial charge in [-0.05, 0) is 24.6 Å². The van der Waals surface area contributed by atoms with E-state index in [-0.39, 0.29) is 17.1 Å². The molecule has 0 aliphatic heterocycles. The van der Waals surface area contributed by atoms with E-state index in [0.717, 1.165) is 0 Å². The van der Waals surface area contributed by atoms with Crippen molar-refractivity contribution in [2.75, 3.05) is 25.9 Å². The summed E-state index contributed by atoms with van der Waals surface area (Å²) in [7, 11) is -2.14. The molecule has 6 heteroatoms. The van der Waals surface area contributed by atoms with Gasteiger partial charge in [0.15, 0.2) is 0 Å². The zero-order chi connectivity index (χ0) is 14.5. The van der Waals surface area contributed by atoms with Gasteiger partial charge in [0, 0.05) is 6.54 Å². The molecule has 0 saturated carbocycles. The molecule has 0 spiro atoms. The molecular weight excluding hydrogens is 264 g/mol. The molecule has 0 atom stereocenters. The van der Waals surface area contributed by atoms with Crippen molar-refractivity contribution < 1.29 is 13.2 Å². The molecule has 5 nitrogen and oxygen atoms in total. The first-order valence-electron chi connectivity index (χ1n) is 5.84. The number of methoxy groups -OCH3 is 1. The maximum atomic E-state index is 12.4. The highest BCUT2D eigenvalue weighted by Crippen LogP contribution is 2.26. The SMILES string of the molecule is C#CCN(CCC)S(=O)(=O)c1ccc(OC)c(N)c1. The lowest BCUT2D eigenvalue weighted by molar-refractivity contribution is 0.416. The van der Waals surface area contributed by atoms with Gasteiger partial charge in [0.05, 0.1) is 24.2 Å². The summed E-state index contributed by atoms with van der Waals surface area (Å²) in [5, 5.41) is 0. The monoisotopic (exact) mass is 282 g/mol. The molecular formula is C13H18N2O3S. The van der Waals surface area contributed by atoms with E-state index >= 15 is 0 Å². The third-order valence-corrected chi connectivity index (χ3v) is 4.42. The van der Waals surface area contributed by atoms with Crippen LogP contribution in [-0.2, 0) is 10.0 Å². The zero-order valence-corrected chi connectivity index (χ0v) is 11.9. The predicted molar refractivity (Wildman–Crippen MR) is 75.3 cm³/mol. The van der Waals surface area contributed by atoms with Crippen molar-refractivity contribution in [3.05, 3.63) is 18.2 Å². The number of benzene rings is 1. The van der Waals surface area contributed by atoms with Crippen LogP contribution in [0, 0.1) is 12.3 Å². The van der Waals surface area contributed by atoms with Crippen LogP contribution in [0.3, 0.4) is 0 Å². The summed E-state index contributed by atoms with van der Waals surface area (Å²) in [5.74, 6) is 2.80. The Labute approximate surface area is 114 Å². The van der Waals surface area contributed by atoms with Gasteiger partial charge < -0.3 is 10.5 Å². The molecule has 19 heavy (non-hydrogen) atoms. The number of sulfonamides is 1. The van der Waals surface area contributed by atoms with Crippen LogP contribution >= 0.6 is 0 Å². The van der Waals surface area contributed by atoms with Gasteiger partial charge in [-0.15, -0.1) is 6.42 Å². The fourth-order valence-electron chi connectivity index (χ4n) is 1.66. The van der Waals surface area contributed by atoms with Crippen molar-refractivity contribution in [2.45, 2.75) is 18.2 Å². The topological polar surface area (TPSA) is 72.6 Å². The Morgan fingerprint density at radius 3 is 2.63 bits per heavy atom. The molecule has 0 heterocycles. The van der Waals surface area contributed by atoms with Crippen molar-refractivity contribution >= 4 is 15.7 Å². The van der Waals surface area contributed by atoms with E-state index in [1.54, 1.807) is 0 Å². The Balaban J connectivity index is 3.18. The van der Waals surface area contributed by atoms with E-state index in [9.17, 15) is 8.42 Å². The lowest BCUT2D eigenvalue weighted by atomic mass is 10.3. The third kappa shape index (κ3) is 3.40. The number of anilines is 1. The van der Waals surface area contributed by atoms with Crippen molar-refractivity contribution in [2.24, 2.45) is 0 Å². The molecule has 2 N–H and O–H groups in total. The number of nitrogens with zero attached hydrogens (tertiary/aromatic N) is 1. The summed E-state index contributed by atoms with van der Waals surface area (Å²) in [4.78, 5) is 0.120. The van der Waals surface area contributed by atoms with Gasteiger partial charge in [0.25, 0.3) is 0 Å². The molecule has 1 aromatic carbocycles. The van der Waals surface area contributed by atoms with Gasteiger partial charge >= 0.3 is 0 Å². The minimum atomic E-state index is -3.62. The molecule has 1 aromatic rings. The molecule has 0 aliphatic rings. The first-order chi connectivity index (χ1) is 8.97. The predicted octanol–water partition coefficient (Wildman–Crippen LogP) is 1.31. The van der Waals surface area contributed by atoms with Crippen LogP contribution in [0.5, 0.6) is 5.75 Å². The van der Waals surface area contributed by atoms with Gasteiger partial charge in [-0.25, -0.2) is 8.42 Å². The maximum Gasteiger partial charge on any atom is 0.244 e. The molecule has 0 amide bonds. The quantitative estimate of drug-likeness (QED) is 0.631. The zero-order valence-electron chi connectivity index (χ0n) is 11.1. The van der Waals surface area contributed by atoms with Crippen molar-refractivity contribution in [3.63, 3.8) is 0 Å². The second-order valence-electron chi connectivity index (χ2n) is 3.95. The Morgan fingerprint density at radius 1 is 1.47 bits per heavy atom. The number of rotatable bonds is 6. The maximum absolute atomic E-state index is 12.4. The highest BCUT2D eigenvalue weighted by molar-refractivity contribution is 7.89. The molecule has 0 saturated heterocycles. The fourth-order valence-corrected chi connectivity index (χ4v) is 3.14. The first-order valence-corrected chi connectivity index (χ1v) is 7.28. The first kappa shape index (κ1) is 15.3. The Bertz CT molecular complexity index is 576. The Kier molecular flexibility index (Phi) is 5.21. The summed E-state index contributed by atoms with van der Waals surface area (Å²) < 4.78 is 31.1. The van der Waals surface area contributed by atoms with Crippen LogP contribution < -0.4 is 10.5 Å². The van der Waals surface area contributed by atoms with Crippen molar-refractivity contribution in [3.8, 4) is 18.1 Å². The molecule has 0 fully saturated rings. The van der Waals surface area contributed by atoms with E-state index in [2.05, 4.69) is 5.92 Å². The summed E-state index contributed by atoms with van der Waals surface area (Å²) in [6, 6.07) is 4.37. The van der Waals surface area contributed by atoms with E-state index in [0.29, 0.717) is 18.7 Å². The number of terminal acetylenes is 1. The van der Waals surface area contributed by atoms with E-state index in [1.165, 1.54) is 29.6 Å². The smallest absolute Gasteiger partial charge is 0.244 e. The minimum absolute atomic E-state index is 0.0438. The molecule has 0 aliphatic carbocycles. The molecule has 0 aromatic heterocycles. The van der Waals surface area contributed by atoms with Crippen LogP contribution in [0.1, 0.15) is 13.3 Å². The summed E-state index contributed by atoms with van der Waals surface area (Å²) >= 11 is 0. The fraction of sp³-hybridized carbons (Fsp3) is 0.385. The van der Waals surface area contributed by atoms with Gasteiger partial charge in [-0.1, -0.05) is 12.8 Å². The van der Waals surface area contributed by atoms with Gasteiger partial charge in [0.2, 0.25) is 10.0 Å². The van der Waals surface area contributed by atoms with E-state index < -0.39 is 10.0 Å². The molecule has 1 rings (SSSR count). The number of nitrogen functional groups attached to an aromatic ring is 1. The van der Waals surface area contributed by atoms with Crippen LogP contribution in [0.25, 0.3) is 0 Å². The second-order valence-corrected chi connectivity index (χ2v) is 5.88. The average Bonchev–Trinajstić information content (AvgIpc) is 2.38. The minimum Gasteiger partial charge on any atom is -0.495 e.